The van der Waals surface area contributed by atoms with Crippen molar-refractivity contribution in [1.29, 1.82) is 0 Å². The number of nitro groups is 1. The van der Waals surface area contributed by atoms with Crippen LogP contribution in [0.15, 0.2) is 65.2 Å². The highest BCUT2D eigenvalue weighted by Gasteiger charge is 2.14. The zero-order valence-electron chi connectivity index (χ0n) is 15.1. The van der Waals surface area contributed by atoms with Gasteiger partial charge in [-0.05, 0) is 42.3 Å². The molecule has 4 rings (SSSR count). The Labute approximate surface area is 164 Å². The van der Waals surface area contributed by atoms with Gasteiger partial charge >= 0.3 is 0 Å². The third-order valence-corrected chi connectivity index (χ3v) is 4.58. The van der Waals surface area contributed by atoms with Crippen molar-refractivity contribution >= 4 is 22.5 Å². The fraction of sp³-hybridized carbons (Fsp3) is 0.0952. The van der Waals surface area contributed by atoms with Gasteiger partial charge in [0.25, 0.3) is 11.6 Å². The monoisotopic (exact) mass is 393 g/mol. The molecule has 7 nitrogen and oxygen atoms in total. The number of aromatic nitrogens is 1. The number of furan rings is 1. The van der Waals surface area contributed by atoms with E-state index in [1.54, 1.807) is 30.5 Å². The molecule has 0 radical (unpaired) electrons. The number of nitrogens with zero attached hydrogens (tertiary/aromatic N) is 1. The summed E-state index contributed by atoms with van der Waals surface area (Å²) < 4.78 is 19.0. The summed E-state index contributed by atoms with van der Waals surface area (Å²) in [6.45, 7) is 0.342. The molecule has 2 aromatic carbocycles. The molecule has 8 heteroatoms. The van der Waals surface area contributed by atoms with E-state index in [-0.39, 0.29) is 17.3 Å². The van der Waals surface area contributed by atoms with E-state index in [4.69, 9.17) is 4.42 Å². The molecule has 146 valence electrons. The van der Waals surface area contributed by atoms with Gasteiger partial charge in [-0.15, -0.1) is 0 Å². The van der Waals surface area contributed by atoms with E-state index in [0.29, 0.717) is 24.3 Å². The van der Waals surface area contributed by atoms with Gasteiger partial charge in [-0.25, -0.2) is 4.39 Å². The van der Waals surface area contributed by atoms with Crippen LogP contribution < -0.4 is 5.32 Å². The quantitative estimate of drug-likeness (QED) is 0.373. The number of hydrogen-bond donors (Lipinski definition) is 2. The Bertz CT molecular complexity index is 1210. The number of hydrogen-bond acceptors (Lipinski definition) is 4. The summed E-state index contributed by atoms with van der Waals surface area (Å²) in [5.41, 5.74) is 2.19. The Hall–Kier alpha value is -3.94. The lowest BCUT2D eigenvalue weighted by Gasteiger charge is -2.03. The Morgan fingerprint density at radius 1 is 1.17 bits per heavy atom. The van der Waals surface area contributed by atoms with Crippen LogP contribution in [-0.4, -0.2) is 22.4 Å². The standard InChI is InChI=1S/C21H16FN3O4/c22-15-4-5-18-17(11-15)14(12-24-18)8-9-23-21(26)20-7-6-19(29-20)13-2-1-3-16(10-13)25(27)28/h1-7,10-12,24H,8-9H2,(H,23,26). The molecule has 0 aliphatic carbocycles. The Kier molecular flexibility index (Phi) is 4.82. The largest absolute Gasteiger partial charge is 0.451 e. The predicted molar refractivity (Wildman–Crippen MR) is 105 cm³/mol. The Morgan fingerprint density at radius 3 is 2.86 bits per heavy atom. The van der Waals surface area contributed by atoms with Crippen molar-refractivity contribution in [3.63, 3.8) is 0 Å². The lowest BCUT2D eigenvalue weighted by atomic mass is 10.1. The molecule has 29 heavy (non-hydrogen) atoms. The van der Waals surface area contributed by atoms with Gasteiger partial charge in [-0.2, -0.15) is 0 Å². The van der Waals surface area contributed by atoms with Crippen LogP contribution >= 0.6 is 0 Å². The Balaban J connectivity index is 1.41. The first-order valence-corrected chi connectivity index (χ1v) is 8.89. The normalized spacial score (nSPS) is 10.9. The summed E-state index contributed by atoms with van der Waals surface area (Å²) in [7, 11) is 0. The molecular formula is C21H16FN3O4. The van der Waals surface area contributed by atoms with Crippen molar-refractivity contribution in [3.05, 3.63) is 88.0 Å². The molecule has 0 saturated heterocycles. The minimum absolute atomic E-state index is 0.0555. The van der Waals surface area contributed by atoms with Crippen LogP contribution in [-0.2, 0) is 6.42 Å². The second-order valence-corrected chi connectivity index (χ2v) is 6.48. The molecule has 2 N–H and O–H groups in total. The van der Waals surface area contributed by atoms with E-state index in [1.165, 1.54) is 30.3 Å². The van der Waals surface area contributed by atoms with Crippen LogP contribution in [0, 0.1) is 15.9 Å². The molecule has 0 aliphatic rings. The van der Waals surface area contributed by atoms with Gasteiger partial charge in [-0.1, -0.05) is 12.1 Å². The number of fused-ring (bicyclic) bond motifs is 1. The number of benzene rings is 2. The zero-order chi connectivity index (χ0) is 20.4. The maximum atomic E-state index is 13.4. The van der Waals surface area contributed by atoms with Crippen LogP contribution in [0.25, 0.3) is 22.2 Å². The zero-order valence-corrected chi connectivity index (χ0v) is 15.1. The summed E-state index contributed by atoms with van der Waals surface area (Å²) >= 11 is 0. The Morgan fingerprint density at radius 2 is 2.03 bits per heavy atom. The third kappa shape index (κ3) is 3.86. The number of rotatable bonds is 6. The van der Waals surface area contributed by atoms with Crippen molar-refractivity contribution in [2.45, 2.75) is 6.42 Å². The minimum Gasteiger partial charge on any atom is -0.451 e. The molecular weight excluding hydrogens is 377 g/mol. The van der Waals surface area contributed by atoms with E-state index < -0.39 is 10.8 Å². The topological polar surface area (TPSA) is 101 Å². The molecule has 0 spiro atoms. The molecule has 0 aliphatic heterocycles. The van der Waals surface area contributed by atoms with E-state index in [1.807, 2.05) is 0 Å². The van der Waals surface area contributed by atoms with Gasteiger partial charge in [0.2, 0.25) is 0 Å². The number of nitro benzene ring substituents is 1. The number of non-ortho nitro benzene ring substituents is 1. The molecule has 0 atom stereocenters. The average Bonchev–Trinajstić information content (AvgIpc) is 3.36. The van der Waals surface area contributed by atoms with Crippen molar-refractivity contribution in [1.82, 2.24) is 10.3 Å². The van der Waals surface area contributed by atoms with Gasteiger partial charge in [0.05, 0.1) is 4.92 Å². The van der Waals surface area contributed by atoms with Gasteiger partial charge in [0.15, 0.2) is 5.76 Å². The van der Waals surface area contributed by atoms with Gasteiger partial charge in [0, 0.05) is 41.3 Å². The van der Waals surface area contributed by atoms with Crippen LogP contribution in [0.2, 0.25) is 0 Å². The number of amides is 1. The van der Waals surface area contributed by atoms with Crippen molar-refractivity contribution in [2.24, 2.45) is 0 Å². The first-order valence-electron chi connectivity index (χ1n) is 8.89. The lowest BCUT2D eigenvalue weighted by Crippen LogP contribution is -2.25. The highest BCUT2D eigenvalue weighted by Crippen LogP contribution is 2.26. The molecule has 0 unspecified atom stereocenters. The highest BCUT2D eigenvalue weighted by molar-refractivity contribution is 5.92. The van der Waals surface area contributed by atoms with Crippen LogP contribution in [0.5, 0.6) is 0 Å². The van der Waals surface area contributed by atoms with E-state index in [9.17, 15) is 19.3 Å². The smallest absolute Gasteiger partial charge is 0.287 e. The summed E-state index contributed by atoms with van der Waals surface area (Å²) in [5.74, 6) is -0.234. The molecule has 2 heterocycles. The minimum atomic E-state index is -0.489. The molecule has 0 saturated carbocycles. The number of aromatic amines is 1. The summed E-state index contributed by atoms with van der Waals surface area (Å²) in [5, 5.41) is 14.4. The van der Waals surface area contributed by atoms with E-state index in [2.05, 4.69) is 10.3 Å². The fourth-order valence-electron chi connectivity index (χ4n) is 3.14. The predicted octanol–water partition coefficient (Wildman–Crippen LogP) is 4.45. The average molecular weight is 393 g/mol. The first kappa shape index (κ1) is 18.4. The molecule has 4 aromatic rings. The van der Waals surface area contributed by atoms with Crippen molar-refractivity contribution < 1.29 is 18.5 Å². The second kappa shape index (κ2) is 7.59. The van der Waals surface area contributed by atoms with Gasteiger partial charge in [-0.3, -0.25) is 14.9 Å². The first-order chi connectivity index (χ1) is 14.0. The maximum absolute atomic E-state index is 13.4. The van der Waals surface area contributed by atoms with Gasteiger partial charge in [0.1, 0.15) is 11.6 Å². The summed E-state index contributed by atoms with van der Waals surface area (Å²) in [6.07, 6.45) is 2.32. The SMILES string of the molecule is O=C(NCCc1c[nH]c2ccc(F)cc12)c1ccc(-c2cccc([N+](=O)[O-])c2)o1. The van der Waals surface area contributed by atoms with E-state index >= 15 is 0 Å². The van der Waals surface area contributed by atoms with Crippen LogP contribution in [0.3, 0.4) is 0 Å². The number of carbonyl (C=O) groups excluding carboxylic acids is 1. The second-order valence-electron chi connectivity index (χ2n) is 6.48. The molecule has 0 bridgehead atoms. The van der Waals surface area contributed by atoms with Crippen LogP contribution in [0.1, 0.15) is 16.1 Å². The molecule has 1 amide bonds. The molecule has 2 aromatic heterocycles. The maximum Gasteiger partial charge on any atom is 0.287 e. The molecule has 0 fully saturated rings. The number of carbonyl (C=O) groups is 1. The van der Waals surface area contributed by atoms with Gasteiger partial charge < -0.3 is 14.7 Å². The van der Waals surface area contributed by atoms with Crippen molar-refractivity contribution in [2.75, 3.05) is 6.54 Å². The third-order valence-electron chi connectivity index (χ3n) is 4.58. The fourth-order valence-corrected chi connectivity index (χ4v) is 3.14. The number of halogens is 1. The summed E-state index contributed by atoms with van der Waals surface area (Å²) in [4.78, 5) is 25.8. The number of nitrogens with one attached hydrogen (secondary N) is 2. The lowest BCUT2D eigenvalue weighted by molar-refractivity contribution is -0.384. The van der Waals surface area contributed by atoms with E-state index in [0.717, 1.165) is 16.5 Å². The number of H-pyrrole nitrogens is 1. The van der Waals surface area contributed by atoms with Crippen molar-refractivity contribution in [3.8, 4) is 11.3 Å². The summed E-state index contributed by atoms with van der Waals surface area (Å²) in [6, 6.07) is 13.6. The highest BCUT2D eigenvalue weighted by atomic mass is 19.1. The van der Waals surface area contributed by atoms with Crippen LogP contribution in [0.4, 0.5) is 10.1 Å².